The van der Waals surface area contributed by atoms with E-state index in [9.17, 15) is 9.18 Å². The summed E-state index contributed by atoms with van der Waals surface area (Å²) in [5.74, 6) is 0.0680. The minimum atomic E-state index is -0.315. The Morgan fingerprint density at radius 1 is 1.09 bits per heavy atom. The van der Waals surface area contributed by atoms with Gasteiger partial charge in [-0.15, -0.1) is 0 Å². The van der Waals surface area contributed by atoms with E-state index >= 15 is 0 Å². The van der Waals surface area contributed by atoms with Crippen molar-refractivity contribution in [3.63, 3.8) is 0 Å². The summed E-state index contributed by atoms with van der Waals surface area (Å²) in [4.78, 5) is 17.2. The Morgan fingerprint density at radius 3 is 2.35 bits per heavy atom. The van der Waals surface area contributed by atoms with Crippen LogP contribution in [0.2, 0.25) is 0 Å². The molecule has 0 unspecified atom stereocenters. The molecule has 9 heteroatoms. The first-order chi connectivity index (χ1) is 16.2. The zero-order chi connectivity index (χ0) is 24.4. The second-order valence-electron chi connectivity index (χ2n) is 7.62. The molecule has 1 amide bonds. The molecule has 1 heterocycles. The highest BCUT2D eigenvalue weighted by molar-refractivity contribution is 9.11. The van der Waals surface area contributed by atoms with Gasteiger partial charge in [0.15, 0.2) is 4.32 Å². The van der Waals surface area contributed by atoms with Crippen molar-refractivity contribution in [1.82, 2.24) is 0 Å². The van der Waals surface area contributed by atoms with Crippen LogP contribution in [0, 0.1) is 5.82 Å². The maximum atomic E-state index is 13.9. The van der Waals surface area contributed by atoms with E-state index in [0.717, 1.165) is 16.9 Å². The molecule has 4 nitrogen and oxygen atoms in total. The van der Waals surface area contributed by atoms with Crippen LogP contribution in [0.3, 0.4) is 0 Å². The minimum Gasteiger partial charge on any atom is -0.486 e. The van der Waals surface area contributed by atoms with E-state index in [2.05, 4.69) is 31.9 Å². The molecule has 1 saturated heterocycles. The number of carbonyl (C=O) groups excluding carboxylic acids is 1. The van der Waals surface area contributed by atoms with Crippen LogP contribution in [0.1, 0.15) is 11.1 Å². The summed E-state index contributed by atoms with van der Waals surface area (Å²) in [6.07, 6.45) is 1.80. The lowest BCUT2D eigenvalue weighted by atomic mass is 10.2. The lowest BCUT2D eigenvalue weighted by Crippen LogP contribution is -2.27. The zero-order valence-corrected chi connectivity index (χ0v) is 23.0. The number of ether oxygens (including phenoxy) is 1. The van der Waals surface area contributed by atoms with E-state index in [-0.39, 0.29) is 18.3 Å². The standard InChI is InChI=1S/C25H19Br2FN2O2S2/c1-29(2)17-7-9-18(10-8-17)30-24(31)22(34-25(30)33)13-15-11-19(26)23(20(27)12-15)32-14-16-5-3-4-6-21(16)28/h3-13H,14H2,1-2H3/b22-13+. The van der Waals surface area contributed by atoms with Gasteiger partial charge < -0.3 is 9.64 Å². The fourth-order valence-corrected chi connectivity index (χ4v) is 6.06. The van der Waals surface area contributed by atoms with Crippen LogP contribution >= 0.6 is 55.8 Å². The molecule has 174 valence electrons. The summed E-state index contributed by atoms with van der Waals surface area (Å²) in [7, 11) is 3.92. The quantitative estimate of drug-likeness (QED) is 0.212. The second kappa shape index (κ2) is 10.6. The third-order valence-electron chi connectivity index (χ3n) is 5.07. The van der Waals surface area contributed by atoms with Gasteiger partial charge in [-0.05, 0) is 86.0 Å². The number of thioether (sulfide) groups is 1. The first kappa shape index (κ1) is 24.9. The molecule has 0 aliphatic carbocycles. The van der Waals surface area contributed by atoms with Gasteiger partial charge in [0.1, 0.15) is 18.2 Å². The fourth-order valence-electron chi connectivity index (χ4n) is 3.31. The first-order valence-electron chi connectivity index (χ1n) is 10.1. The molecule has 0 bridgehead atoms. The number of rotatable bonds is 6. The molecule has 1 aliphatic rings. The van der Waals surface area contributed by atoms with E-state index < -0.39 is 0 Å². The predicted molar refractivity (Wildman–Crippen MR) is 149 cm³/mol. The lowest BCUT2D eigenvalue weighted by molar-refractivity contribution is -0.113. The zero-order valence-electron chi connectivity index (χ0n) is 18.2. The highest BCUT2D eigenvalue weighted by atomic mass is 79.9. The van der Waals surface area contributed by atoms with Gasteiger partial charge >= 0.3 is 0 Å². The number of halogens is 3. The summed E-state index contributed by atoms with van der Waals surface area (Å²) < 4.78 is 21.6. The molecule has 3 aromatic rings. The van der Waals surface area contributed by atoms with Crippen molar-refractivity contribution in [2.45, 2.75) is 6.61 Å². The lowest BCUT2D eigenvalue weighted by Gasteiger charge is -2.17. The van der Waals surface area contributed by atoms with Gasteiger partial charge in [-0.3, -0.25) is 9.69 Å². The van der Waals surface area contributed by atoms with E-state index in [1.165, 1.54) is 17.8 Å². The van der Waals surface area contributed by atoms with E-state index in [4.69, 9.17) is 17.0 Å². The van der Waals surface area contributed by atoms with Crippen molar-refractivity contribution in [3.05, 3.63) is 91.5 Å². The predicted octanol–water partition coefficient (Wildman–Crippen LogP) is 7.40. The van der Waals surface area contributed by atoms with Crippen molar-refractivity contribution in [1.29, 1.82) is 0 Å². The van der Waals surface area contributed by atoms with Crippen LogP contribution in [0.5, 0.6) is 5.75 Å². The Kier molecular flexibility index (Phi) is 7.77. The SMILES string of the molecule is CN(C)c1ccc(N2C(=O)/C(=C\c3cc(Br)c(OCc4ccccc4F)c(Br)c3)SC2=S)cc1. The number of hydrogen-bond donors (Lipinski definition) is 0. The Hall–Kier alpha value is -2.20. The number of hydrogen-bond acceptors (Lipinski definition) is 5. The van der Waals surface area contributed by atoms with Crippen molar-refractivity contribution >= 4 is 83.5 Å². The Morgan fingerprint density at radius 2 is 1.74 bits per heavy atom. The number of nitrogens with zero attached hydrogens (tertiary/aromatic N) is 2. The number of thiocarbonyl (C=S) groups is 1. The summed E-state index contributed by atoms with van der Waals surface area (Å²) >= 11 is 13.8. The molecule has 0 N–H and O–H groups in total. The van der Waals surface area contributed by atoms with E-state index in [0.29, 0.717) is 29.5 Å². The Labute approximate surface area is 224 Å². The Bertz CT molecular complexity index is 1270. The maximum Gasteiger partial charge on any atom is 0.270 e. The third-order valence-corrected chi connectivity index (χ3v) is 7.55. The largest absolute Gasteiger partial charge is 0.486 e. The molecule has 0 spiro atoms. The molecule has 0 radical (unpaired) electrons. The first-order valence-corrected chi connectivity index (χ1v) is 13.0. The third kappa shape index (κ3) is 5.38. The molecule has 0 saturated carbocycles. The van der Waals surface area contributed by atoms with Gasteiger partial charge in [0.2, 0.25) is 0 Å². The average Bonchev–Trinajstić information content (AvgIpc) is 3.07. The van der Waals surface area contributed by atoms with Crippen LogP contribution in [-0.4, -0.2) is 24.3 Å². The molecule has 4 rings (SSSR count). The van der Waals surface area contributed by atoms with Gasteiger partial charge in [-0.1, -0.05) is 42.2 Å². The highest BCUT2D eigenvalue weighted by Gasteiger charge is 2.33. The van der Waals surface area contributed by atoms with E-state index in [1.807, 2.05) is 55.4 Å². The summed E-state index contributed by atoms with van der Waals surface area (Å²) in [6, 6.07) is 17.9. The molecule has 0 atom stereocenters. The van der Waals surface area contributed by atoms with Gasteiger partial charge in [0, 0.05) is 25.3 Å². The van der Waals surface area contributed by atoms with Crippen LogP contribution < -0.4 is 14.5 Å². The highest BCUT2D eigenvalue weighted by Crippen LogP contribution is 2.39. The summed E-state index contributed by atoms with van der Waals surface area (Å²) in [5.41, 5.74) is 3.03. The normalized spacial score (nSPS) is 14.7. The smallest absolute Gasteiger partial charge is 0.270 e. The summed E-state index contributed by atoms with van der Waals surface area (Å²) in [6.45, 7) is 0.0918. The molecular formula is C25H19Br2FN2O2S2. The molecular weight excluding hydrogens is 603 g/mol. The van der Waals surface area contributed by atoms with Crippen molar-refractivity contribution in [2.24, 2.45) is 0 Å². The monoisotopic (exact) mass is 620 g/mol. The number of anilines is 2. The molecule has 3 aromatic carbocycles. The average molecular weight is 622 g/mol. The number of benzene rings is 3. The van der Waals surface area contributed by atoms with Gasteiger partial charge in [0.05, 0.1) is 19.5 Å². The van der Waals surface area contributed by atoms with Gasteiger partial charge in [-0.2, -0.15) is 0 Å². The minimum absolute atomic E-state index is 0.0918. The van der Waals surface area contributed by atoms with Crippen molar-refractivity contribution < 1.29 is 13.9 Å². The Balaban J connectivity index is 1.54. The topological polar surface area (TPSA) is 32.8 Å². The van der Waals surface area contributed by atoms with Gasteiger partial charge in [-0.25, -0.2) is 4.39 Å². The van der Waals surface area contributed by atoms with E-state index in [1.54, 1.807) is 29.2 Å². The van der Waals surface area contributed by atoms with Crippen LogP contribution in [0.25, 0.3) is 6.08 Å². The van der Waals surface area contributed by atoms with Crippen molar-refractivity contribution in [2.75, 3.05) is 23.9 Å². The van der Waals surface area contributed by atoms with Crippen LogP contribution in [0.15, 0.2) is 74.5 Å². The van der Waals surface area contributed by atoms with Gasteiger partial charge in [0.25, 0.3) is 5.91 Å². The molecule has 1 fully saturated rings. The van der Waals surface area contributed by atoms with Crippen LogP contribution in [0.4, 0.5) is 15.8 Å². The number of carbonyl (C=O) groups is 1. The summed E-state index contributed by atoms with van der Waals surface area (Å²) in [5, 5.41) is 0. The molecule has 1 aliphatic heterocycles. The van der Waals surface area contributed by atoms with Crippen LogP contribution in [-0.2, 0) is 11.4 Å². The molecule has 34 heavy (non-hydrogen) atoms. The maximum absolute atomic E-state index is 13.9. The number of amides is 1. The second-order valence-corrected chi connectivity index (χ2v) is 11.0. The molecule has 0 aromatic heterocycles. The fraction of sp³-hybridized carbons (Fsp3) is 0.120. The van der Waals surface area contributed by atoms with Crippen molar-refractivity contribution in [3.8, 4) is 5.75 Å².